The monoisotopic (exact) mass is 562 g/mol. The molecule has 0 amide bonds. The Morgan fingerprint density at radius 2 is 0.841 bits per heavy atom. The molecule has 0 spiro atoms. The van der Waals surface area contributed by atoms with Gasteiger partial charge in [0, 0.05) is 32.9 Å². The van der Waals surface area contributed by atoms with Gasteiger partial charge in [0.2, 0.25) is 0 Å². The number of rotatable bonds is 5. The van der Waals surface area contributed by atoms with Gasteiger partial charge in [-0.25, -0.2) is 0 Å². The van der Waals surface area contributed by atoms with Crippen molar-refractivity contribution < 1.29 is 0 Å². The summed E-state index contributed by atoms with van der Waals surface area (Å²) in [5.41, 5.74) is 10.1. The average molecular weight is 563 g/mol. The molecule has 0 atom stereocenters. The third-order valence-corrected chi connectivity index (χ3v) is 9.19. The van der Waals surface area contributed by atoms with Crippen LogP contribution in [0.5, 0.6) is 0 Å². The van der Waals surface area contributed by atoms with E-state index in [1.807, 2.05) is 0 Å². The Kier molecular flexibility index (Phi) is 5.67. The van der Waals surface area contributed by atoms with E-state index in [4.69, 9.17) is 0 Å². The molecule has 0 bridgehead atoms. The summed E-state index contributed by atoms with van der Waals surface area (Å²) in [6.45, 7) is 0. The van der Waals surface area contributed by atoms with Gasteiger partial charge in [0.1, 0.15) is 0 Å². The summed E-state index contributed by atoms with van der Waals surface area (Å²) in [5.74, 6) is 0. The molecule has 0 aliphatic heterocycles. The Morgan fingerprint density at radius 3 is 1.55 bits per heavy atom. The largest absolute Gasteiger partial charge is 0.309 e. The van der Waals surface area contributed by atoms with Crippen molar-refractivity contribution in [1.82, 2.24) is 9.13 Å². The first kappa shape index (κ1) is 24.9. The summed E-state index contributed by atoms with van der Waals surface area (Å²) in [7, 11) is 0. The number of fused-ring (bicyclic) bond motifs is 8. The quantitative estimate of drug-likeness (QED) is 0.197. The molecule has 0 radical (unpaired) electrons. The summed E-state index contributed by atoms with van der Waals surface area (Å²) >= 11 is 0. The van der Waals surface area contributed by atoms with E-state index < -0.39 is 0 Å². The normalized spacial score (nSPS) is 11.8. The third-order valence-electron chi connectivity index (χ3n) is 9.19. The van der Waals surface area contributed by atoms with Crippen molar-refractivity contribution in [3.8, 4) is 11.4 Å². The fraction of sp³-hybridized carbons (Fsp3) is 0.0476. The molecule has 9 aromatic rings. The van der Waals surface area contributed by atoms with Gasteiger partial charge in [0.15, 0.2) is 0 Å². The zero-order valence-electron chi connectivity index (χ0n) is 24.3. The third kappa shape index (κ3) is 3.88. The molecule has 2 aromatic heterocycles. The van der Waals surface area contributed by atoms with Crippen LogP contribution >= 0.6 is 0 Å². The average Bonchev–Trinajstić information content (AvgIpc) is 3.60. The van der Waals surface area contributed by atoms with Gasteiger partial charge in [-0.1, -0.05) is 97.1 Å². The molecule has 0 saturated heterocycles. The fourth-order valence-corrected chi connectivity index (χ4v) is 7.17. The first-order valence-electron chi connectivity index (χ1n) is 15.4. The van der Waals surface area contributed by atoms with E-state index in [9.17, 15) is 0 Å². The van der Waals surface area contributed by atoms with E-state index in [2.05, 4.69) is 167 Å². The van der Waals surface area contributed by atoms with Crippen molar-refractivity contribution in [3.63, 3.8) is 0 Å². The highest BCUT2D eigenvalue weighted by molar-refractivity contribution is 6.21. The van der Waals surface area contributed by atoms with Gasteiger partial charge < -0.3 is 9.13 Å². The van der Waals surface area contributed by atoms with Crippen molar-refractivity contribution >= 4 is 54.4 Å². The van der Waals surface area contributed by atoms with Gasteiger partial charge in [0.25, 0.3) is 0 Å². The van der Waals surface area contributed by atoms with Gasteiger partial charge in [-0.15, -0.1) is 0 Å². The van der Waals surface area contributed by atoms with Crippen LogP contribution < -0.4 is 0 Å². The van der Waals surface area contributed by atoms with E-state index in [-0.39, 0.29) is 0 Å². The molecule has 0 unspecified atom stereocenters. The summed E-state index contributed by atoms with van der Waals surface area (Å²) < 4.78 is 4.80. The Hall–Kier alpha value is -5.60. The molecule has 2 heterocycles. The Labute approximate surface area is 256 Å². The second kappa shape index (κ2) is 10.00. The Bertz CT molecular complexity index is 2480. The van der Waals surface area contributed by atoms with Crippen molar-refractivity contribution in [1.29, 1.82) is 0 Å². The van der Waals surface area contributed by atoms with Gasteiger partial charge in [0.05, 0.1) is 22.1 Å². The molecule has 2 nitrogen and oxygen atoms in total. The molecule has 9 rings (SSSR count). The lowest BCUT2D eigenvalue weighted by atomic mass is 9.99. The maximum Gasteiger partial charge on any atom is 0.0547 e. The lowest BCUT2D eigenvalue weighted by Gasteiger charge is -2.09. The molecule has 0 N–H and O–H groups in total. The molecular weight excluding hydrogens is 532 g/mol. The van der Waals surface area contributed by atoms with Gasteiger partial charge in [-0.2, -0.15) is 0 Å². The minimum absolute atomic E-state index is 0.988. The minimum Gasteiger partial charge on any atom is -0.309 e. The van der Waals surface area contributed by atoms with Gasteiger partial charge >= 0.3 is 0 Å². The van der Waals surface area contributed by atoms with Crippen molar-refractivity contribution in [2.24, 2.45) is 0 Å². The maximum absolute atomic E-state index is 2.43. The highest BCUT2D eigenvalue weighted by atomic mass is 15.0. The lowest BCUT2D eigenvalue weighted by molar-refractivity contribution is 0.964. The smallest absolute Gasteiger partial charge is 0.0547 e. The number of aromatic nitrogens is 2. The summed E-state index contributed by atoms with van der Waals surface area (Å²) in [6.07, 6.45) is 1.98. The van der Waals surface area contributed by atoms with E-state index in [1.165, 1.54) is 76.9 Å². The topological polar surface area (TPSA) is 9.86 Å². The molecule has 0 aliphatic rings. The van der Waals surface area contributed by atoms with Crippen LogP contribution in [0.25, 0.3) is 65.8 Å². The number of para-hydroxylation sites is 3. The van der Waals surface area contributed by atoms with Crippen LogP contribution in [-0.4, -0.2) is 9.13 Å². The second-order valence-corrected chi connectivity index (χ2v) is 11.7. The molecule has 0 fully saturated rings. The summed E-state index contributed by atoms with van der Waals surface area (Å²) in [6, 6.07) is 57.6. The van der Waals surface area contributed by atoms with Crippen LogP contribution in [0.3, 0.4) is 0 Å². The van der Waals surface area contributed by atoms with E-state index in [0.29, 0.717) is 0 Å². The molecule has 208 valence electrons. The van der Waals surface area contributed by atoms with Crippen LogP contribution in [-0.2, 0) is 12.8 Å². The van der Waals surface area contributed by atoms with Gasteiger partial charge in [-0.3, -0.25) is 0 Å². The number of benzene rings is 7. The predicted octanol–water partition coefficient (Wildman–Crippen LogP) is 10.8. The number of nitrogens with zero attached hydrogens (tertiary/aromatic N) is 2. The highest BCUT2D eigenvalue weighted by Gasteiger charge is 2.16. The first-order valence-corrected chi connectivity index (χ1v) is 15.4. The second-order valence-electron chi connectivity index (χ2n) is 11.7. The van der Waals surface area contributed by atoms with Gasteiger partial charge in [-0.05, 0) is 95.4 Å². The molecule has 44 heavy (non-hydrogen) atoms. The highest BCUT2D eigenvalue weighted by Crippen LogP contribution is 2.38. The van der Waals surface area contributed by atoms with Crippen molar-refractivity contribution in [3.05, 3.63) is 169 Å². The predicted molar refractivity (Wildman–Crippen MR) is 186 cm³/mol. The van der Waals surface area contributed by atoms with Crippen LogP contribution in [0.1, 0.15) is 11.1 Å². The van der Waals surface area contributed by atoms with Crippen molar-refractivity contribution in [2.75, 3.05) is 0 Å². The zero-order valence-corrected chi connectivity index (χ0v) is 24.3. The SMILES string of the molecule is c1ccc(-n2c3ccccc3c3cc(CCc4ccc5c(c4)c4c6ccccc6ccc4n5-c4ccccc4)ccc32)cc1. The van der Waals surface area contributed by atoms with E-state index in [0.717, 1.165) is 12.8 Å². The maximum atomic E-state index is 2.43. The Morgan fingerprint density at radius 1 is 0.341 bits per heavy atom. The van der Waals surface area contributed by atoms with Crippen molar-refractivity contribution in [2.45, 2.75) is 12.8 Å². The number of hydrogen-bond acceptors (Lipinski definition) is 0. The minimum atomic E-state index is 0.988. The number of hydrogen-bond donors (Lipinski definition) is 0. The van der Waals surface area contributed by atoms with E-state index >= 15 is 0 Å². The van der Waals surface area contributed by atoms with Crippen LogP contribution in [0.2, 0.25) is 0 Å². The molecular formula is C42H30N2. The molecule has 2 heteroatoms. The first-order chi connectivity index (χ1) is 21.8. The number of aryl methyl sites for hydroxylation is 2. The van der Waals surface area contributed by atoms with Crippen LogP contribution in [0.4, 0.5) is 0 Å². The van der Waals surface area contributed by atoms with E-state index in [1.54, 1.807) is 0 Å². The standard InChI is InChI=1S/C42H30N2/c1-3-12-32(13-4-1)43-38-18-10-9-17-35(38)36-27-29(21-24-39(36)43)19-20-30-22-25-40-37(28-30)42-34-16-8-7-11-31(34)23-26-41(42)44(40)33-14-5-2-6-15-33/h1-18,21-28H,19-20H2. The summed E-state index contributed by atoms with van der Waals surface area (Å²) in [4.78, 5) is 0. The summed E-state index contributed by atoms with van der Waals surface area (Å²) in [5, 5.41) is 7.85. The lowest BCUT2D eigenvalue weighted by Crippen LogP contribution is -1.95. The molecule has 0 saturated carbocycles. The molecule has 7 aromatic carbocycles. The van der Waals surface area contributed by atoms with Crippen LogP contribution in [0, 0.1) is 0 Å². The molecule has 0 aliphatic carbocycles. The Balaban J connectivity index is 1.14. The fourth-order valence-electron chi connectivity index (χ4n) is 7.17. The van der Waals surface area contributed by atoms with Crippen LogP contribution in [0.15, 0.2) is 158 Å². The zero-order chi connectivity index (χ0) is 29.0.